The fraction of sp³-hybridized carbons (Fsp3) is 0.273. The third-order valence-electron chi connectivity index (χ3n) is 5.25. The van der Waals surface area contributed by atoms with Crippen LogP contribution in [0.2, 0.25) is 0 Å². The zero-order valence-electron chi connectivity index (χ0n) is 17.2. The van der Waals surface area contributed by atoms with Gasteiger partial charge in [-0.3, -0.25) is 9.48 Å². The third kappa shape index (κ3) is 4.41. The van der Waals surface area contributed by atoms with Gasteiger partial charge in [0.15, 0.2) is 15.5 Å². The molecule has 0 bridgehead atoms. The zero-order chi connectivity index (χ0) is 22.0. The van der Waals surface area contributed by atoms with Gasteiger partial charge in [-0.2, -0.15) is 5.10 Å². The van der Waals surface area contributed by atoms with Crippen molar-refractivity contribution in [3.05, 3.63) is 60.3 Å². The second-order valence-corrected chi connectivity index (χ2v) is 9.53. The number of hydrogen-bond acceptors (Lipinski definition) is 6. The minimum Gasteiger partial charge on any atom is -0.497 e. The number of anilines is 1. The lowest BCUT2D eigenvalue weighted by molar-refractivity contribution is 0.102. The maximum Gasteiger partial charge on any atom is 0.276 e. The van der Waals surface area contributed by atoms with Crippen LogP contribution in [0, 0.1) is 0 Å². The molecule has 1 aliphatic heterocycles. The van der Waals surface area contributed by atoms with E-state index in [1.165, 1.54) is 14.2 Å². The van der Waals surface area contributed by atoms with Crippen LogP contribution in [0.1, 0.15) is 23.0 Å². The van der Waals surface area contributed by atoms with E-state index in [0.717, 1.165) is 5.56 Å². The van der Waals surface area contributed by atoms with Gasteiger partial charge in [-0.25, -0.2) is 8.42 Å². The van der Waals surface area contributed by atoms with Crippen LogP contribution in [0.3, 0.4) is 0 Å². The average molecular weight is 442 g/mol. The summed E-state index contributed by atoms with van der Waals surface area (Å²) >= 11 is 0. The summed E-state index contributed by atoms with van der Waals surface area (Å²) < 4.78 is 36.3. The quantitative estimate of drug-likeness (QED) is 0.631. The normalized spacial score (nSPS) is 17.3. The highest BCUT2D eigenvalue weighted by Gasteiger charge is 2.32. The van der Waals surface area contributed by atoms with Crippen molar-refractivity contribution in [3.63, 3.8) is 0 Å². The third-order valence-corrected chi connectivity index (χ3v) is 7.00. The number of methoxy groups -OCH3 is 2. The number of hydrogen-bond donors (Lipinski definition) is 1. The van der Waals surface area contributed by atoms with E-state index in [4.69, 9.17) is 9.47 Å². The molecule has 0 unspecified atom stereocenters. The largest absolute Gasteiger partial charge is 0.497 e. The van der Waals surface area contributed by atoms with Gasteiger partial charge < -0.3 is 14.8 Å². The van der Waals surface area contributed by atoms with E-state index in [2.05, 4.69) is 10.4 Å². The first-order chi connectivity index (χ1) is 14.9. The molecule has 1 aliphatic rings. The Balaban J connectivity index is 1.70. The molecule has 0 radical (unpaired) electrons. The molecule has 0 spiro atoms. The topological polar surface area (TPSA) is 99.5 Å². The van der Waals surface area contributed by atoms with Gasteiger partial charge in [0.1, 0.15) is 11.5 Å². The van der Waals surface area contributed by atoms with Crippen LogP contribution < -0.4 is 14.8 Å². The number of sulfone groups is 1. The Hall–Kier alpha value is -3.33. The standard InChI is InChI=1S/C22H23N3O5S/c1-29-17-8-9-21(30-2)18(12-17)23-22(26)19-13-20(15-6-4-3-5-7-15)25(24-19)16-10-11-31(27,28)14-16/h3-9,12-13,16H,10-11,14H2,1-2H3,(H,23,26)/t16-/m1/s1. The van der Waals surface area contributed by atoms with E-state index in [0.29, 0.717) is 29.3 Å². The smallest absolute Gasteiger partial charge is 0.276 e. The number of carbonyl (C=O) groups excluding carboxylic acids is 1. The molecule has 2 aromatic carbocycles. The maximum atomic E-state index is 13.0. The first-order valence-electron chi connectivity index (χ1n) is 9.79. The summed E-state index contributed by atoms with van der Waals surface area (Å²) in [5, 5.41) is 7.31. The number of aromatic nitrogens is 2. The highest BCUT2D eigenvalue weighted by atomic mass is 32.2. The molecule has 2 heterocycles. The SMILES string of the molecule is COc1ccc(OC)c(NC(=O)c2cc(-c3ccccc3)n([C@@H]3CCS(=O)(=O)C3)n2)c1. The Bertz CT molecular complexity index is 1210. The number of amides is 1. The summed E-state index contributed by atoms with van der Waals surface area (Å²) in [7, 11) is -0.0579. The second-order valence-electron chi connectivity index (χ2n) is 7.30. The van der Waals surface area contributed by atoms with Gasteiger partial charge in [0, 0.05) is 6.07 Å². The average Bonchev–Trinajstić information content (AvgIpc) is 3.37. The Kier molecular flexibility index (Phi) is 5.69. The molecule has 3 aromatic rings. The lowest BCUT2D eigenvalue weighted by atomic mass is 10.1. The number of nitrogens with one attached hydrogen (secondary N) is 1. The Morgan fingerprint density at radius 3 is 2.52 bits per heavy atom. The van der Waals surface area contributed by atoms with Crippen LogP contribution in [-0.4, -0.2) is 49.8 Å². The summed E-state index contributed by atoms with van der Waals surface area (Å²) in [6.07, 6.45) is 0.467. The van der Waals surface area contributed by atoms with Crippen LogP contribution in [0.4, 0.5) is 5.69 Å². The van der Waals surface area contributed by atoms with Gasteiger partial charge in [0.25, 0.3) is 5.91 Å². The molecule has 1 saturated heterocycles. The molecule has 1 atom stereocenters. The van der Waals surface area contributed by atoms with Gasteiger partial charge in [-0.05, 0) is 30.2 Å². The minimum atomic E-state index is -3.11. The summed E-state index contributed by atoms with van der Waals surface area (Å²) in [5.41, 5.74) is 2.20. The highest BCUT2D eigenvalue weighted by Crippen LogP contribution is 2.32. The first-order valence-corrected chi connectivity index (χ1v) is 11.6. The van der Waals surface area contributed by atoms with Crippen LogP contribution in [0.25, 0.3) is 11.3 Å². The van der Waals surface area contributed by atoms with Crippen LogP contribution in [0.5, 0.6) is 11.5 Å². The Labute approximate surface area is 180 Å². The summed E-state index contributed by atoms with van der Waals surface area (Å²) in [6.45, 7) is 0. The van der Waals surface area contributed by atoms with Gasteiger partial charge in [0.05, 0.1) is 43.1 Å². The lowest BCUT2D eigenvalue weighted by Crippen LogP contribution is -2.17. The summed E-state index contributed by atoms with van der Waals surface area (Å²) in [4.78, 5) is 13.0. The fourth-order valence-electron chi connectivity index (χ4n) is 3.67. The summed E-state index contributed by atoms with van der Waals surface area (Å²) in [5.74, 6) is 0.762. The van der Waals surface area contributed by atoms with Crippen LogP contribution >= 0.6 is 0 Å². The van der Waals surface area contributed by atoms with Gasteiger partial charge in [-0.15, -0.1) is 0 Å². The molecule has 1 fully saturated rings. The van der Waals surface area contributed by atoms with Crippen molar-refractivity contribution in [1.82, 2.24) is 9.78 Å². The van der Waals surface area contributed by atoms with Crippen molar-refractivity contribution in [3.8, 4) is 22.8 Å². The molecule has 1 N–H and O–H groups in total. The van der Waals surface area contributed by atoms with E-state index >= 15 is 0 Å². The van der Waals surface area contributed by atoms with E-state index in [9.17, 15) is 13.2 Å². The van der Waals surface area contributed by atoms with E-state index < -0.39 is 15.7 Å². The van der Waals surface area contributed by atoms with Crippen molar-refractivity contribution in [2.24, 2.45) is 0 Å². The minimum absolute atomic E-state index is 0.0132. The van der Waals surface area contributed by atoms with Crippen molar-refractivity contribution < 1.29 is 22.7 Å². The van der Waals surface area contributed by atoms with Crippen molar-refractivity contribution in [1.29, 1.82) is 0 Å². The number of nitrogens with zero attached hydrogens (tertiary/aromatic N) is 2. The van der Waals surface area contributed by atoms with Crippen molar-refractivity contribution in [2.45, 2.75) is 12.5 Å². The van der Waals surface area contributed by atoms with Gasteiger partial charge in [0.2, 0.25) is 0 Å². The van der Waals surface area contributed by atoms with E-state index in [1.54, 1.807) is 28.9 Å². The van der Waals surface area contributed by atoms with Crippen molar-refractivity contribution >= 4 is 21.4 Å². The molecule has 0 saturated carbocycles. The predicted octanol–water partition coefficient (Wildman–Crippen LogP) is 3.18. The van der Waals surface area contributed by atoms with Gasteiger partial charge >= 0.3 is 0 Å². The molecular weight excluding hydrogens is 418 g/mol. The fourth-order valence-corrected chi connectivity index (χ4v) is 5.37. The summed E-state index contributed by atoms with van der Waals surface area (Å²) in [6, 6.07) is 16.0. The Morgan fingerprint density at radius 1 is 1.10 bits per heavy atom. The molecule has 1 aromatic heterocycles. The molecule has 9 heteroatoms. The van der Waals surface area contributed by atoms with E-state index in [1.807, 2.05) is 30.3 Å². The Morgan fingerprint density at radius 2 is 1.87 bits per heavy atom. The molecule has 4 rings (SSSR count). The van der Waals surface area contributed by atoms with Crippen molar-refractivity contribution in [2.75, 3.05) is 31.0 Å². The molecule has 1 amide bonds. The molecule has 31 heavy (non-hydrogen) atoms. The molecule has 0 aliphatic carbocycles. The monoisotopic (exact) mass is 441 g/mol. The zero-order valence-corrected chi connectivity index (χ0v) is 18.1. The second kappa shape index (κ2) is 8.43. The maximum absolute atomic E-state index is 13.0. The lowest BCUT2D eigenvalue weighted by Gasteiger charge is -2.13. The van der Waals surface area contributed by atoms with E-state index in [-0.39, 0.29) is 23.2 Å². The highest BCUT2D eigenvalue weighted by molar-refractivity contribution is 7.91. The molecular formula is C22H23N3O5S. The molecule has 162 valence electrons. The number of benzene rings is 2. The number of carbonyl (C=O) groups is 1. The van der Waals surface area contributed by atoms with Crippen LogP contribution in [0.15, 0.2) is 54.6 Å². The number of rotatable bonds is 6. The number of ether oxygens (including phenoxy) is 2. The van der Waals surface area contributed by atoms with Crippen LogP contribution in [-0.2, 0) is 9.84 Å². The predicted molar refractivity (Wildman–Crippen MR) is 117 cm³/mol. The first kappa shape index (κ1) is 20.9. The molecule has 8 nitrogen and oxygen atoms in total. The van der Waals surface area contributed by atoms with Gasteiger partial charge in [-0.1, -0.05) is 30.3 Å².